The molecule has 0 bridgehead atoms. The highest BCUT2D eigenvalue weighted by atomic mass is 32.2. The van der Waals surface area contributed by atoms with Gasteiger partial charge in [0.15, 0.2) is 0 Å². The molecule has 0 aliphatic carbocycles. The second-order valence-corrected chi connectivity index (χ2v) is 7.13. The molecule has 1 aromatic carbocycles. The molecular formula is C14H19N3O4S. The maximum Gasteiger partial charge on any atom is 0.258 e. The molecule has 8 heteroatoms. The van der Waals surface area contributed by atoms with Crippen molar-refractivity contribution in [2.45, 2.75) is 20.0 Å². The minimum Gasteiger partial charge on any atom is -0.380 e. The normalized spacial score (nSPS) is 13.5. The van der Waals surface area contributed by atoms with Gasteiger partial charge in [0, 0.05) is 12.8 Å². The SMILES string of the molecule is COC(CS(=O)(=O)Nc1ccc2nc[nH]c(=O)c2c1)C(C)C. The summed E-state index contributed by atoms with van der Waals surface area (Å²) in [6, 6.07) is 4.64. The first-order valence-electron chi connectivity index (χ1n) is 6.83. The number of nitrogens with zero attached hydrogens (tertiary/aromatic N) is 1. The Balaban J connectivity index is 2.26. The zero-order valence-electron chi connectivity index (χ0n) is 12.7. The summed E-state index contributed by atoms with van der Waals surface area (Å²) in [4.78, 5) is 18.2. The molecule has 1 heterocycles. The summed E-state index contributed by atoms with van der Waals surface area (Å²) in [6.07, 6.45) is 0.906. The Bertz CT molecular complexity index is 814. The van der Waals surface area contributed by atoms with E-state index in [4.69, 9.17) is 4.74 Å². The molecular weight excluding hydrogens is 306 g/mol. The minimum absolute atomic E-state index is 0.0743. The highest BCUT2D eigenvalue weighted by Crippen LogP contribution is 2.17. The van der Waals surface area contributed by atoms with Crippen molar-refractivity contribution < 1.29 is 13.2 Å². The van der Waals surface area contributed by atoms with Crippen LogP contribution in [0.1, 0.15) is 13.8 Å². The number of anilines is 1. The van der Waals surface area contributed by atoms with Crippen LogP contribution in [0.4, 0.5) is 5.69 Å². The molecule has 0 saturated heterocycles. The maximum atomic E-state index is 12.2. The van der Waals surface area contributed by atoms with Gasteiger partial charge in [0.1, 0.15) is 0 Å². The Hall–Kier alpha value is -1.93. The summed E-state index contributed by atoms with van der Waals surface area (Å²) in [7, 11) is -2.09. The van der Waals surface area contributed by atoms with Crippen LogP contribution in [0.25, 0.3) is 10.9 Å². The molecule has 0 amide bonds. The largest absolute Gasteiger partial charge is 0.380 e. The Labute approximate surface area is 128 Å². The van der Waals surface area contributed by atoms with Gasteiger partial charge < -0.3 is 9.72 Å². The molecule has 1 aromatic heterocycles. The lowest BCUT2D eigenvalue weighted by molar-refractivity contribution is 0.0829. The number of aromatic amines is 1. The van der Waals surface area contributed by atoms with E-state index < -0.39 is 16.1 Å². The van der Waals surface area contributed by atoms with Crippen LogP contribution in [0.15, 0.2) is 29.3 Å². The fourth-order valence-corrected chi connectivity index (χ4v) is 3.63. The van der Waals surface area contributed by atoms with Gasteiger partial charge in [-0.3, -0.25) is 9.52 Å². The number of ether oxygens (including phenoxy) is 1. The average molecular weight is 325 g/mol. The van der Waals surface area contributed by atoms with E-state index in [0.717, 1.165) is 0 Å². The second kappa shape index (κ2) is 6.45. The molecule has 0 radical (unpaired) electrons. The van der Waals surface area contributed by atoms with Crippen molar-refractivity contribution in [3.63, 3.8) is 0 Å². The van der Waals surface area contributed by atoms with Crippen molar-refractivity contribution in [2.75, 3.05) is 17.6 Å². The number of fused-ring (bicyclic) bond motifs is 1. The summed E-state index contributed by atoms with van der Waals surface area (Å²) in [5, 5.41) is 0.329. The molecule has 0 fully saturated rings. The lowest BCUT2D eigenvalue weighted by Crippen LogP contribution is -2.31. The predicted molar refractivity (Wildman–Crippen MR) is 85.4 cm³/mol. The molecule has 0 spiro atoms. The van der Waals surface area contributed by atoms with Crippen molar-refractivity contribution in [1.82, 2.24) is 9.97 Å². The first-order chi connectivity index (χ1) is 10.3. The summed E-state index contributed by atoms with van der Waals surface area (Å²) >= 11 is 0. The van der Waals surface area contributed by atoms with Crippen LogP contribution >= 0.6 is 0 Å². The molecule has 0 aliphatic heterocycles. The Morgan fingerprint density at radius 3 is 2.73 bits per heavy atom. The molecule has 1 unspecified atom stereocenters. The third-order valence-corrected chi connectivity index (χ3v) is 4.66. The lowest BCUT2D eigenvalue weighted by Gasteiger charge is -2.19. The van der Waals surface area contributed by atoms with Gasteiger partial charge in [-0.15, -0.1) is 0 Å². The highest BCUT2D eigenvalue weighted by Gasteiger charge is 2.21. The second-order valence-electron chi connectivity index (χ2n) is 5.37. The molecule has 1 atom stereocenters. The number of nitrogens with one attached hydrogen (secondary N) is 2. The molecule has 7 nitrogen and oxygen atoms in total. The van der Waals surface area contributed by atoms with Gasteiger partial charge in [0.2, 0.25) is 10.0 Å². The summed E-state index contributed by atoms with van der Waals surface area (Å²) in [6.45, 7) is 3.79. The Morgan fingerprint density at radius 2 is 2.09 bits per heavy atom. The van der Waals surface area contributed by atoms with Gasteiger partial charge >= 0.3 is 0 Å². The van der Waals surface area contributed by atoms with E-state index in [9.17, 15) is 13.2 Å². The first-order valence-corrected chi connectivity index (χ1v) is 8.48. The first kappa shape index (κ1) is 16.4. The molecule has 0 aliphatic rings. The van der Waals surface area contributed by atoms with E-state index in [1.54, 1.807) is 12.1 Å². The van der Waals surface area contributed by atoms with Gasteiger partial charge in [-0.1, -0.05) is 13.8 Å². The molecule has 22 heavy (non-hydrogen) atoms. The molecule has 2 aromatic rings. The Kier molecular flexibility index (Phi) is 4.82. The quantitative estimate of drug-likeness (QED) is 0.834. The van der Waals surface area contributed by atoms with Crippen LogP contribution in [0.5, 0.6) is 0 Å². The highest BCUT2D eigenvalue weighted by molar-refractivity contribution is 7.92. The van der Waals surface area contributed by atoms with Crippen molar-refractivity contribution in [2.24, 2.45) is 5.92 Å². The number of sulfonamides is 1. The smallest absolute Gasteiger partial charge is 0.258 e. The van der Waals surface area contributed by atoms with E-state index >= 15 is 0 Å². The number of aromatic nitrogens is 2. The summed E-state index contributed by atoms with van der Waals surface area (Å²) in [5.41, 5.74) is 0.510. The zero-order valence-corrected chi connectivity index (χ0v) is 13.5. The molecule has 120 valence electrons. The zero-order chi connectivity index (χ0) is 16.3. The molecule has 0 saturated carbocycles. The number of benzene rings is 1. The van der Waals surface area contributed by atoms with E-state index in [1.165, 1.54) is 19.5 Å². The van der Waals surface area contributed by atoms with Gasteiger partial charge in [0.05, 0.1) is 29.1 Å². The van der Waals surface area contributed by atoms with E-state index in [2.05, 4.69) is 14.7 Å². The van der Waals surface area contributed by atoms with Gasteiger partial charge in [0.25, 0.3) is 5.56 Å². The monoisotopic (exact) mass is 325 g/mol. The van der Waals surface area contributed by atoms with Crippen LogP contribution in [0, 0.1) is 5.92 Å². The van der Waals surface area contributed by atoms with Gasteiger partial charge in [-0.05, 0) is 24.1 Å². The van der Waals surface area contributed by atoms with Crippen molar-refractivity contribution in [3.05, 3.63) is 34.9 Å². The van der Waals surface area contributed by atoms with Crippen molar-refractivity contribution in [3.8, 4) is 0 Å². The van der Waals surface area contributed by atoms with Gasteiger partial charge in [-0.25, -0.2) is 13.4 Å². The number of hydrogen-bond donors (Lipinski definition) is 2. The van der Waals surface area contributed by atoms with Gasteiger partial charge in [-0.2, -0.15) is 0 Å². The number of methoxy groups -OCH3 is 1. The standard InChI is InChI=1S/C14H19N3O4S/c1-9(2)13(21-3)7-22(19,20)17-10-4-5-12-11(6-10)14(18)16-8-15-12/h4-6,8-9,13,17H,7H2,1-3H3,(H,15,16,18). The molecule has 2 rings (SSSR count). The topological polar surface area (TPSA) is 101 Å². The van der Waals surface area contributed by atoms with E-state index in [-0.39, 0.29) is 17.2 Å². The Morgan fingerprint density at radius 1 is 1.36 bits per heavy atom. The maximum absolute atomic E-state index is 12.2. The third kappa shape index (κ3) is 3.83. The summed E-state index contributed by atoms with van der Waals surface area (Å²) in [5.74, 6) is -0.0759. The van der Waals surface area contributed by atoms with Crippen LogP contribution in [-0.2, 0) is 14.8 Å². The van der Waals surface area contributed by atoms with Crippen LogP contribution in [-0.4, -0.2) is 37.4 Å². The van der Waals surface area contributed by atoms with E-state index in [1.807, 2.05) is 13.8 Å². The number of rotatable bonds is 6. The average Bonchev–Trinajstić information content (AvgIpc) is 2.45. The fourth-order valence-electron chi connectivity index (χ4n) is 2.10. The van der Waals surface area contributed by atoms with Crippen molar-refractivity contribution >= 4 is 26.6 Å². The molecule has 2 N–H and O–H groups in total. The van der Waals surface area contributed by atoms with E-state index in [0.29, 0.717) is 16.6 Å². The third-order valence-electron chi connectivity index (χ3n) is 3.34. The number of hydrogen-bond acceptors (Lipinski definition) is 5. The van der Waals surface area contributed by atoms with Crippen molar-refractivity contribution in [1.29, 1.82) is 0 Å². The van der Waals surface area contributed by atoms with Crippen LogP contribution < -0.4 is 10.3 Å². The van der Waals surface area contributed by atoms with Crippen LogP contribution in [0.2, 0.25) is 0 Å². The summed E-state index contributed by atoms with van der Waals surface area (Å²) < 4.78 is 32.1. The lowest BCUT2D eigenvalue weighted by atomic mass is 10.1. The minimum atomic E-state index is -3.58. The van der Waals surface area contributed by atoms with Crippen LogP contribution in [0.3, 0.4) is 0 Å². The fraction of sp³-hybridized carbons (Fsp3) is 0.429. The predicted octanol–water partition coefficient (Wildman–Crippen LogP) is 1.34. The number of H-pyrrole nitrogens is 1.